The fourth-order valence-electron chi connectivity index (χ4n) is 7.13. The van der Waals surface area contributed by atoms with Crippen LogP contribution in [-0.4, -0.2) is 101 Å². The van der Waals surface area contributed by atoms with Crippen LogP contribution in [0.1, 0.15) is 57.2 Å². The Labute approximate surface area is 253 Å². The topological polar surface area (TPSA) is 168 Å². The number of hydrogen-bond acceptors (Lipinski definition) is 10. The number of hydrogen-bond donors (Lipinski definition) is 5. The van der Waals surface area contributed by atoms with Crippen molar-refractivity contribution in [1.29, 1.82) is 0 Å². The first-order valence-electron chi connectivity index (χ1n) is 14.8. The van der Waals surface area contributed by atoms with Gasteiger partial charge in [-0.1, -0.05) is 27.7 Å². The van der Waals surface area contributed by atoms with Crippen LogP contribution in [0.4, 0.5) is 5.69 Å². The largest absolute Gasteiger partial charge is 0.508 e. The van der Waals surface area contributed by atoms with Crippen molar-refractivity contribution in [3.05, 3.63) is 39.7 Å². The zero-order chi connectivity index (χ0) is 32.3. The lowest BCUT2D eigenvalue weighted by atomic mass is 9.57. The number of rotatable bonds is 8. The van der Waals surface area contributed by atoms with Gasteiger partial charge in [0.25, 0.3) is 5.91 Å². The second-order valence-corrected chi connectivity index (χ2v) is 13.8. The van der Waals surface area contributed by atoms with E-state index in [1.165, 1.54) is 4.90 Å². The third kappa shape index (κ3) is 5.32. The average Bonchev–Trinajstić information content (AvgIpc) is 2.87. The molecule has 1 fully saturated rings. The Kier molecular flexibility index (Phi) is 8.51. The van der Waals surface area contributed by atoms with Crippen molar-refractivity contribution in [2.45, 2.75) is 65.1 Å². The van der Waals surface area contributed by atoms with Gasteiger partial charge in [0.15, 0.2) is 11.4 Å². The van der Waals surface area contributed by atoms with E-state index in [1.807, 2.05) is 19.0 Å². The van der Waals surface area contributed by atoms with Crippen molar-refractivity contribution in [1.82, 2.24) is 9.80 Å². The van der Waals surface area contributed by atoms with E-state index in [0.29, 0.717) is 12.1 Å². The number of primary amides is 1. The summed E-state index contributed by atoms with van der Waals surface area (Å²) in [5.74, 6) is -6.55. The number of amides is 1. The first kappa shape index (κ1) is 32.5. The summed E-state index contributed by atoms with van der Waals surface area (Å²) in [6.07, 6.45) is 1.29. The molecule has 0 spiro atoms. The number of Topliss-reactive ketones (excluding diaryl/α,β-unsaturated/α-hetero) is 2. The third-order valence-electron chi connectivity index (χ3n) is 9.24. The maximum Gasteiger partial charge on any atom is 0.255 e. The van der Waals surface area contributed by atoms with Crippen molar-refractivity contribution in [2.75, 3.05) is 46.2 Å². The second kappa shape index (κ2) is 11.3. The van der Waals surface area contributed by atoms with Crippen molar-refractivity contribution in [3.8, 4) is 5.75 Å². The Balaban J connectivity index is 1.88. The maximum atomic E-state index is 14.1. The van der Waals surface area contributed by atoms with Gasteiger partial charge in [-0.3, -0.25) is 24.2 Å². The van der Waals surface area contributed by atoms with E-state index in [-0.39, 0.29) is 35.1 Å². The van der Waals surface area contributed by atoms with Gasteiger partial charge in [-0.2, -0.15) is 0 Å². The predicted octanol–water partition coefficient (Wildman–Crippen LogP) is 2.29. The van der Waals surface area contributed by atoms with E-state index in [0.717, 1.165) is 30.8 Å². The Hall–Kier alpha value is -3.41. The zero-order valence-electron chi connectivity index (χ0n) is 26.5. The molecule has 3 aliphatic carbocycles. The first-order chi connectivity index (χ1) is 19.9. The van der Waals surface area contributed by atoms with E-state index in [1.54, 1.807) is 20.2 Å². The summed E-state index contributed by atoms with van der Waals surface area (Å²) in [7, 11) is 6.94. The van der Waals surface area contributed by atoms with Gasteiger partial charge in [-0.15, -0.1) is 0 Å². The Morgan fingerprint density at radius 3 is 2.26 bits per heavy atom. The number of fused-ring (bicyclic) bond motifs is 3. The predicted molar refractivity (Wildman–Crippen MR) is 164 cm³/mol. The summed E-state index contributed by atoms with van der Waals surface area (Å²) in [4.78, 5) is 45.3. The van der Waals surface area contributed by atoms with Gasteiger partial charge in [0.1, 0.15) is 22.8 Å². The zero-order valence-corrected chi connectivity index (χ0v) is 26.5. The van der Waals surface area contributed by atoms with Crippen LogP contribution in [0, 0.1) is 17.3 Å². The molecular weight excluding hydrogens is 552 g/mol. The average molecular weight is 599 g/mol. The number of aliphatic hydroxyl groups is 3. The molecule has 0 heterocycles. The van der Waals surface area contributed by atoms with Crippen LogP contribution in [0.25, 0.3) is 5.76 Å². The molecular formula is C32H46N4O7. The van der Waals surface area contributed by atoms with Gasteiger partial charge in [0.05, 0.1) is 11.6 Å². The van der Waals surface area contributed by atoms with Gasteiger partial charge >= 0.3 is 0 Å². The minimum Gasteiger partial charge on any atom is -0.508 e. The molecule has 0 radical (unpaired) electrons. The first-order valence-corrected chi connectivity index (χ1v) is 14.8. The van der Waals surface area contributed by atoms with E-state index >= 15 is 0 Å². The Morgan fingerprint density at radius 1 is 1.12 bits per heavy atom. The van der Waals surface area contributed by atoms with Crippen LogP contribution in [0.15, 0.2) is 23.0 Å². The normalized spacial score (nSPS) is 25.7. The Bertz CT molecular complexity index is 1420. The fourth-order valence-corrected chi connectivity index (χ4v) is 7.13. The highest BCUT2D eigenvalue weighted by Gasteiger charge is 2.64. The number of carbonyl (C=O) groups excluding carboxylic acids is 3. The van der Waals surface area contributed by atoms with E-state index in [9.17, 15) is 34.8 Å². The van der Waals surface area contributed by atoms with Crippen molar-refractivity contribution in [3.63, 3.8) is 0 Å². The molecule has 1 amide bonds. The number of carbonyl (C=O) groups is 3. The lowest BCUT2D eigenvalue weighted by Crippen LogP contribution is -2.65. The lowest BCUT2D eigenvalue weighted by molar-refractivity contribution is -0.153. The van der Waals surface area contributed by atoms with Crippen molar-refractivity contribution in [2.24, 2.45) is 23.0 Å². The number of benzene rings is 1. The molecule has 43 heavy (non-hydrogen) atoms. The molecule has 11 heteroatoms. The van der Waals surface area contributed by atoms with E-state index < -0.39 is 58.0 Å². The number of nitrogens with zero attached hydrogens (tertiary/aromatic N) is 3. The summed E-state index contributed by atoms with van der Waals surface area (Å²) in [5, 5.41) is 45.7. The molecule has 0 aromatic heterocycles. The summed E-state index contributed by atoms with van der Waals surface area (Å²) in [5.41, 5.74) is 4.39. The molecule has 0 bridgehead atoms. The molecule has 1 aromatic carbocycles. The highest BCUT2D eigenvalue weighted by molar-refractivity contribution is 6.24. The standard InChI is InChI=1S/C32H46N4O7/c1-9-36(11-10-31(2,3)4)15-17-14-20(37)22-18(24(17)34(5)6)12-16-13-19-25(35(7)8)27(39)23(30(33)42)29(41)32(19,43)28(40)21(16)26(22)38/h14,16,19,25,37-38,41,43H,9-13,15H2,1-8H3,(H2,33,42)/t16-,19-,25-,32-/m0/s1. The van der Waals surface area contributed by atoms with Gasteiger partial charge < -0.3 is 31.1 Å². The third-order valence-corrected chi connectivity index (χ3v) is 9.24. The Morgan fingerprint density at radius 2 is 1.74 bits per heavy atom. The number of nitrogens with two attached hydrogens (primary N) is 1. The number of aromatic hydroxyl groups is 1. The lowest BCUT2D eigenvalue weighted by Gasteiger charge is -2.50. The molecule has 3 aliphatic rings. The highest BCUT2D eigenvalue weighted by Crippen LogP contribution is 2.54. The van der Waals surface area contributed by atoms with Crippen molar-refractivity contribution < 1.29 is 34.8 Å². The molecule has 4 rings (SSSR count). The number of likely N-dealkylation sites (N-methyl/N-ethyl adjacent to an activating group) is 1. The number of anilines is 1. The monoisotopic (exact) mass is 598 g/mol. The van der Waals surface area contributed by atoms with Crippen LogP contribution in [0.5, 0.6) is 5.75 Å². The number of ketones is 2. The molecule has 0 saturated heterocycles. The van der Waals surface area contributed by atoms with Crippen LogP contribution < -0.4 is 10.6 Å². The minimum atomic E-state index is -2.65. The van der Waals surface area contributed by atoms with Crippen LogP contribution in [0.3, 0.4) is 0 Å². The van der Waals surface area contributed by atoms with Gasteiger partial charge in [0.2, 0.25) is 5.78 Å². The molecule has 11 nitrogen and oxygen atoms in total. The summed E-state index contributed by atoms with van der Waals surface area (Å²) in [6, 6.07) is 0.492. The molecule has 6 N–H and O–H groups in total. The molecule has 0 unspecified atom stereocenters. The number of phenols is 1. The SMILES string of the molecule is CCN(CCC(C)(C)C)Cc1cc(O)c2c(c1N(C)C)C[C@H]1C[C@H]3[C@H](N(C)C)C(=O)C(C(N)=O)=C(O)[C@@]3(O)C(=O)C1=C2O. The summed E-state index contributed by atoms with van der Waals surface area (Å²) in [6.45, 7) is 10.9. The smallest absolute Gasteiger partial charge is 0.255 e. The molecule has 236 valence electrons. The van der Waals surface area contributed by atoms with E-state index in [2.05, 4.69) is 32.6 Å². The summed E-state index contributed by atoms with van der Waals surface area (Å²) < 4.78 is 0. The quantitative estimate of drug-likeness (QED) is 0.280. The number of aliphatic hydroxyl groups excluding tert-OH is 2. The molecule has 1 saturated carbocycles. The van der Waals surface area contributed by atoms with Gasteiger partial charge in [-0.25, -0.2) is 0 Å². The minimum absolute atomic E-state index is 0.0519. The fraction of sp³-hybridized carbons (Fsp3) is 0.594. The summed E-state index contributed by atoms with van der Waals surface area (Å²) >= 11 is 0. The second-order valence-electron chi connectivity index (χ2n) is 13.8. The van der Waals surface area contributed by atoms with Crippen LogP contribution in [-0.2, 0) is 27.3 Å². The van der Waals surface area contributed by atoms with Gasteiger partial charge in [0, 0.05) is 37.8 Å². The molecule has 0 aliphatic heterocycles. The van der Waals surface area contributed by atoms with Crippen LogP contribution in [0.2, 0.25) is 0 Å². The number of phenolic OH excluding ortho intramolecular Hbond substituents is 1. The van der Waals surface area contributed by atoms with Crippen molar-refractivity contribution >= 4 is 28.9 Å². The molecule has 4 atom stereocenters. The van der Waals surface area contributed by atoms with Gasteiger partial charge in [-0.05, 0) is 75.0 Å². The highest BCUT2D eigenvalue weighted by atomic mass is 16.3. The maximum absolute atomic E-state index is 14.1. The molecule has 1 aromatic rings. The van der Waals surface area contributed by atoms with Crippen LogP contribution >= 0.6 is 0 Å². The van der Waals surface area contributed by atoms with E-state index in [4.69, 9.17) is 5.73 Å².